The van der Waals surface area contributed by atoms with Gasteiger partial charge in [-0.2, -0.15) is 0 Å². The quantitative estimate of drug-likeness (QED) is 0.460. The maximum Gasteiger partial charge on any atom is 0 e. The Morgan fingerprint density at radius 2 is 1.00 bits per heavy atom. The van der Waals surface area contributed by atoms with Crippen molar-refractivity contribution in [1.82, 2.24) is 0 Å². The molecule has 0 aliphatic rings. The molecule has 5 radical (unpaired) electrons. The molecule has 0 bridgehead atoms. The number of hydrogen-bond donors (Lipinski definition) is 0. The van der Waals surface area contributed by atoms with Crippen molar-refractivity contribution < 1.29 is 105 Å². The van der Waals surface area contributed by atoms with E-state index in [0.717, 1.165) is 0 Å². The minimum atomic E-state index is 0. The van der Waals surface area contributed by atoms with E-state index in [1.54, 1.807) is 0 Å². The molecule has 0 atom stereocenters. The number of hydrogen-bond acceptors (Lipinski definition) is 0. The van der Waals surface area contributed by atoms with Crippen LogP contribution in [0.25, 0.3) is 0 Å². The molecule has 49 valence electrons. The van der Waals surface area contributed by atoms with Gasteiger partial charge in [-0.05, 0) is 0 Å². The summed E-state index contributed by atoms with van der Waals surface area (Å²) >= 11 is 0. The zero-order valence-electron chi connectivity index (χ0n) is 2.89. The maximum atomic E-state index is 0. The molecular weight excluding hydrogens is 430 g/mol. The smallest absolute Gasteiger partial charge is 0 e. The molecule has 0 unspecified atom stereocenters. The van der Waals surface area contributed by atoms with Crippen LogP contribution >= 0.6 is 0 Å². The summed E-state index contributed by atoms with van der Waals surface area (Å²) in [5.74, 6) is 0. The fraction of sp³-hybridized carbons (Fsp3) is 0. The van der Waals surface area contributed by atoms with Crippen molar-refractivity contribution >= 4 is 17.1 Å². The Hall–Kier alpha value is 3.74. The first-order valence-electron chi connectivity index (χ1n) is 0. The van der Waals surface area contributed by atoms with Crippen LogP contribution in [-0.4, -0.2) is 17.1 Å². The van der Waals surface area contributed by atoms with E-state index in [9.17, 15) is 0 Å². The van der Waals surface area contributed by atoms with E-state index in [4.69, 9.17) is 0 Å². The Morgan fingerprint density at radius 3 is 1.00 bits per heavy atom. The molecule has 0 fully saturated rings. The molecule has 7 heavy (non-hydrogen) atoms. The molecule has 0 saturated heterocycles. The summed E-state index contributed by atoms with van der Waals surface area (Å²) in [6.45, 7) is 0. The molecule has 0 saturated carbocycles. The van der Waals surface area contributed by atoms with Crippen LogP contribution in [0.4, 0.5) is 0 Å². The second-order valence-electron chi connectivity index (χ2n) is 0. The first-order chi connectivity index (χ1) is 0. The van der Waals surface area contributed by atoms with Gasteiger partial charge in [0, 0.05) is 122 Å². The Morgan fingerprint density at radius 1 is 1.00 bits per heavy atom. The predicted octanol–water partition coefficient (Wildman–Crippen LogP) is -0.396. The van der Waals surface area contributed by atoms with Crippen LogP contribution in [0.5, 0.6) is 0 Å². The predicted molar refractivity (Wildman–Crippen MR) is 5.75 cm³/mol. The molecule has 0 heterocycles. The molecular formula is CoCrCuFeMnSeZn. The fourth-order valence-corrected chi connectivity index (χ4v) is 0. The van der Waals surface area contributed by atoms with Gasteiger partial charge in [0.05, 0.1) is 0 Å². The monoisotopic (exact) mass is 429 g/mol. The van der Waals surface area contributed by atoms with Gasteiger partial charge >= 0.3 is 0 Å². The Balaban J connectivity index is 0. The second-order valence-corrected chi connectivity index (χ2v) is 0. The second kappa shape index (κ2) is 53.2. The van der Waals surface area contributed by atoms with Crippen LogP contribution in [0, 0.1) is 0 Å². The SMILES string of the molecule is [Co].[Cr].[Cu].[Fe].[Mn].[Se].[Zn]. The van der Waals surface area contributed by atoms with Crippen molar-refractivity contribution in [3.63, 3.8) is 0 Å². The molecule has 0 nitrogen and oxygen atoms in total. The summed E-state index contributed by atoms with van der Waals surface area (Å²) in [6, 6.07) is 0. The van der Waals surface area contributed by atoms with Gasteiger partial charge in [0.2, 0.25) is 0 Å². The zero-order chi connectivity index (χ0) is 0. The van der Waals surface area contributed by atoms with Gasteiger partial charge in [0.25, 0.3) is 0 Å². The minimum Gasteiger partial charge on any atom is 0 e. The summed E-state index contributed by atoms with van der Waals surface area (Å²) in [5, 5.41) is 0. The van der Waals surface area contributed by atoms with Crippen LogP contribution in [0.15, 0.2) is 0 Å². The maximum absolute atomic E-state index is 0. The summed E-state index contributed by atoms with van der Waals surface area (Å²) in [6.07, 6.45) is 0. The summed E-state index contributed by atoms with van der Waals surface area (Å²) < 4.78 is 0. The molecule has 0 N–H and O–H groups in total. The fourth-order valence-electron chi connectivity index (χ4n) is 0. The first-order valence-corrected chi connectivity index (χ1v) is 0. The van der Waals surface area contributed by atoms with Gasteiger partial charge < -0.3 is 0 Å². The molecule has 0 aromatic rings. The van der Waals surface area contributed by atoms with Crippen molar-refractivity contribution in [2.45, 2.75) is 0 Å². The van der Waals surface area contributed by atoms with E-state index in [0.29, 0.717) is 0 Å². The van der Waals surface area contributed by atoms with E-state index in [1.807, 2.05) is 0 Å². The molecule has 0 spiro atoms. The normalized spacial score (nSPS) is 0. The van der Waals surface area contributed by atoms with Gasteiger partial charge in [0.1, 0.15) is 0 Å². The van der Waals surface area contributed by atoms with E-state index in [-0.39, 0.29) is 122 Å². The third-order valence-corrected chi connectivity index (χ3v) is 0. The molecule has 0 aromatic carbocycles. The molecule has 7 heteroatoms. The van der Waals surface area contributed by atoms with Crippen LogP contribution in [0.1, 0.15) is 0 Å². The van der Waals surface area contributed by atoms with Crippen molar-refractivity contribution in [2.75, 3.05) is 0 Å². The molecule has 0 amide bonds. The van der Waals surface area contributed by atoms with Gasteiger partial charge in [-0.25, -0.2) is 0 Å². The standard InChI is InChI=1S/Co.Cr.Cu.Fe.Mn.Se.Zn. The first kappa shape index (κ1) is 72.8. The van der Waals surface area contributed by atoms with E-state index in [1.165, 1.54) is 0 Å². The Bertz CT molecular complexity index is 19.7. The van der Waals surface area contributed by atoms with E-state index in [2.05, 4.69) is 0 Å². The van der Waals surface area contributed by atoms with E-state index >= 15 is 0 Å². The van der Waals surface area contributed by atoms with Crippen LogP contribution < -0.4 is 0 Å². The summed E-state index contributed by atoms with van der Waals surface area (Å²) in [7, 11) is 0. The minimum absolute atomic E-state index is 0. The molecule has 0 aliphatic carbocycles. The number of rotatable bonds is 0. The molecule has 0 aromatic heterocycles. The average Bonchev–Trinajstić information content (AvgIpc) is 0. The summed E-state index contributed by atoms with van der Waals surface area (Å²) in [5.41, 5.74) is 0. The zero-order valence-corrected chi connectivity index (χ0v) is 13.1. The van der Waals surface area contributed by atoms with Gasteiger partial charge in [0.15, 0.2) is 0 Å². The van der Waals surface area contributed by atoms with Gasteiger partial charge in [-0.1, -0.05) is 0 Å². The van der Waals surface area contributed by atoms with E-state index < -0.39 is 0 Å². The van der Waals surface area contributed by atoms with Crippen molar-refractivity contribution in [3.8, 4) is 0 Å². The topological polar surface area (TPSA) is 0 Å². The third kappa shape index (κ3) is 41.7. The molecule has 0 aliphatic heterocycles. The molecule has 0 rings (SSSR count). The van der Waals surface area contributed by atoms with Gasteiger partial charge in [-0.15, -0.1) is 0 Å². The Labute approximate surface area is 120 Å². The van der Waals surface area contributed by atoms with Gasteiger partial charge in [-0.3, -0.25) is 0 Å². The van der Waals surface area contributed by atoms with Crippen molar-refractivity contribution in [1.29, 1.82) is 0 Å². The van der Waals surface area contributed by atoms with Crippen molar-refractivity contribution in [2.24, 2.45) is 0 Å². The average molecular weight is 430 g/mol. The Kier molecular flexibility index (Phi) is 553. The van der Waals surface area contributed by atoms with Crippen LogP contribution in [0.3, 0.4) is 0 Å². The largest absolute Gasteiger partial charge is 0 e. The summed E-state index contributed by atoms with van der Waals surface area (Å²) in [4.78, 5) is 0. The van der Waals surface area contributed by atoms with Crippen LogP contribution in [-0.2, 0) is 105 Å². The van der Waals surface area contributed by atoms with Crippen molar-refractivity contribution in [3.05, 3.63) is 0 Å². The third-order valence-electron chi connectivity index (χ3n) is 0. The van der Waals surface area contributed by atoms with Crippen LogP contribution in [0.2, 0.25) is 0 Å².